The highest BCUT2D eigenvalue weighted by molar-refractivity contribution is 5.67. The monoisotopic (exact) mass is 322 g/mol. The second-order valence-electron chi connectivity index (χ2n) is 7.88. The van der Waals surface area contributed by atoms with Crippen LogP contribution in [0, 0.1) is 0 Å². The van der Waals surface area contributed by atoms with Gasteiger partial charge in [0, 0.05) is 28.9 Å². The van der Waals surface area contributed by atoms with Crippen LogP contribution in [0.4, 0.5) is 11.4 Å². The Balaban J connectivity index is 1.67. The maximum absolute atomic E-state index is 11.4. The fourth-order valence-corrected chi connectivity index (χ4v) is 4.90. The molecule has 0 unspecified atom stereocenters. The predicted octanol–water partition coefficient (Wildman–Crippen LogP) is 3.54. The number of fused-ring (bicyclic) bond motifs is 4. The van der Waals surface area contributed by atoms with Gasteiger partial charge in [-0.3, -0.25) is 0 Å². The zero-order valence-corrected chi connectivity index (χ0v) is 14.2. The lowest BCUT2D eigenvalue weighted by Gasteiger charge is -2.38. The Hall–Kier alpha value is -2.04. The molecule has 0 aliphatic carbocycles. The minimum absolute atomic E-state index is 0.296. The number of hydrogen-bond donors (Lipinski definition) is 3. The molecule has 2 aromatic carbocycles. The van der Waals surface area contributed by atoms with Crippen molar-refractivity contribution in [1.29, 1.82) is 0 Å². The Labute approximate surface area is 141 Å². The van der Waals surface area contributed by atoms with Crippen LogP contribution in [0.1, 0.15) is 38.3 Å². The van der Waals surface area contributed by atoms with Gasteiger partial charge in [0.15, 0.2) is 5.72 Å². The standard InChI is InChI=1S/C20H22N2O2/c1-17-12-20(18(2,23)13-8-4-6-10-15(13)22-20)24-19(17,3)14-9-5-7-11-16(14)21-17/h4-11,21-23H,12H2,1-3H3/t17-,18+,19-,20+/m1/s1. The molecule has 4 nitrogen and oxygen atoms in total. The summed E-state index contributed by atoms with van der Waals surface area (Å²) in [5, 5.41) is 18.6. The van der Waals surface area contributed by atoms with E-state index < -0.39 is 16.9 Å². The molecule has 2 aromatic rings. The highest BCUT2D eigenvalue weighted by atomic mass is 16.6. The van der Waals surface area contributed by atoms with Gasteiger partial charge in [-0.15, -0.1) is 0 Å². The minimum Gasteiger partial charge on any atom is -0.380 e. The number of anilines is 2. The molecule has 1 fully saturated rings. The van der Waals surface area contributed by atoms with Gasteiger partial charge in [-0.25, -0.2) is 0 Å². The molecule has 1 saturated heterocycles. The Kier molecular flexibility index (Phi) is 2.36. The van der Waals surface area contributed by atoms with Crippen LogP contribution in [0.3, 0.4) is 0 Å². The second-order valence-corrected chi connectivity index (χ2v) is 7.88. The number of nitrogens with one attached hydrogen (secondary N) is 2. The summed E-state index contributed by atoms with van der Waals surface area (Å²) in [5.41, 5.74) is 1.36. The summed E-state index contributed by atoms with van der Waals surface area (Å²) in [7, 11) is 0. The van der Waals surface area contributed by atoms with Crippen molar-refractivity contribution in [1.82, 2.24) is 0 Å². The molecular weight excluding hydrogens is 300 g/mol. The quantitative estimate of drug-likeness (QED) is 0.694. The van der Waals surface area contributed by atoms with Crippen LogP contribution in [0.2, 0.25) is 0 Å². The molecule has 1 spiro atoms. The van der Waals surface area contributed by atoms with Gasteiger partial charge in [-0.05, 0) is 32.9 Å². The van der Waals surface area contributed by atoms with Crippen LogP contribution < -0.4 is 10.6 Å². The zero-order valence-electron chi connectivity index (χ0n) is 14.2. The van der Waals surface area contributed by atoms with E-state index in [-0.39, 0.29) is 5.54 Å². The van der Waals surface area contributed by atoms with Gasteiger partial charge in [0.25, 0.3) is 0 Å². The molecule has 124 valence electrons. The van der Waals surface area contributed by atoms with E-state index in [0.717, 1.165) is 22.5 Å². The summed E-state index contributed by atoms with van der Waals surface area (Å²) >= 11 is 0. The van der Waals surface area contributed by atoms with E-state index in [1.54, 1.807) is 0 Å². The molecule has 4 atom stereocenters. The highest BCUT2D eigenvalue weighted by Gasteiger charge is 2.71. The summed E-state index contributed by atoms with van der Waals surface area (Å²) in [5.74, 6) is 0. The number of aliphatic hydroxyl groups is 1. The number of para-hydroxylation sites is 2. The fourth-order valence-electron chi connectivity index (χ4n) is 4.90. The summed E-state index contributed by atoms with van der Waals surface area (Å²) in [6.07, 6.45) is 0.660. The van der Waals surface area contributed by atoms with Gasteiger partial charge in [-0.1, -0.05) is 36.4 Å². The largest absolute Gasteiger partial charge is 0.380 e. The van der Waals surface area contributed by atoms with E-state index in [0.29, 0.717) is 6.42 Å². The van der Waals surface area contributed by atoms with E-state index in [2.05, 4.69) is 36.6 Å². The van der Waals surface area contributed by atoms with Crippen LogP contribution >= 0.6 is 0 Å². The SMILES string of the molecule is C[C@@]12C[C@]3(Nc4ccccc4[C@]3(C)O)O[C@]1(C)c1ccccc1N2. The first-order valence-corrected chi connectivity index (χ1v) is 8.49. The first kappa shape index (κ1) is 14.3. The van der Waals surface area contributed by atoms with Crippen LogP contribution in [-0.4, -0.2) is 16.4 Å². The second kappa shape index (κ2) is 3.95. The number of rotatable bonds is 0. The zero-order chi connectivity index (χ0) is 16.8. The van der Waals surface area contributed by atoms with Crippen molar-refractivity contribution in [2.24, 2.45) is 0 Å². The van der Waals surface area contributed by atoms with Crippen molar-refractivity contribution in [3.63, 3.8) is 0 Å². The Bertz CT molecular complexity index is 864. The average Bonchev–Trinajstić information content (AvgIpc) is 2.98. The lowest BCUT2D eigenvalue weighted by molar-refractivity contribution is -0.181. The summed E-state index contributed by atoms with van der Waals surface area (Å²) in [6.45, 7) is 6.16. The lowest BCUT2D eigenvalue weighted by atomic mass is 9.77. The van der Waals surface area contributed by atoms with E-state index in [4.69, 9.17) is 4.74 Å². The van der Waals surface area contributed by atoms with Crippen LogP contribution in [0.5, 0.6) is 0 Å². The molecule has 3 aliphatic heterocycles. The van der Waals surface area contributed by atoms with Gasteiger partial charge in [0.2, 0.25) is 0 Å². The maximum atomic E-state index is 11.4. The van der Waals surface area contributed by atoms with E-state index in [1.165, 1.54) is 0 Å². The van der Waals surface area contributed by atoms with Crippen LogP contribution in [0.15, 0.2) is 48.5 Å². The van der Waals surface area contributed by atoms with Gasteiger partial charge < -0.3 is 20.5 Å². The highest BCUT2D eigenvalue weighted by Crippen LogP contribution is 2.64. The predicted molar refractivity (Wildman–Crippen MR) is 93.9 cm³/mol. The third kappa shape index (κ3) is 1.39. The summed E-state index contributed by atoms with van der Waals surface area (Å²) < 4.78 is 6.72. The first-order chi connectivity index (χ1) is 11.3. The van der Waals surface area contributed by atoms with Crippen molar-refractivity contribution in [3.8, 4) is 0 Å². The molecular formula is C20H22N2O2. The van der Waals surface area contributed by atoms with Crippen LogP contribution in [-0.2, 0) is 15.9 Å². The number of ether oxygens (including phenoxy) is 1. The fraction of sp³-hybridized carbons (Fsp3) is 0.400. The molecule has 5 rings (SSSR count). The molecule has 24 heavy (non-hydrogen) atoms. The molecule has 0 aromatic heterocycles. The number of benzene rings is 2. The molecule has 3 aliphatic rings. The normalized spacial score (nSPS) is 41.5. The van der Waals surface area contributed by atoms with Crippen molar-refractivity contribution in [2.45, 2.75) is 49.7 Å². The summed E-state index contributed by atoms with van der Waals surface area (Å²) in [6, 6.07) is 16.2. The Morgan fingerprint density at radius 2 is 1.46 bits per heavy atom. The van der Waals surface area contributed by atoms with E-state index in [1.807, 2.05) is 43.3 Å². The molecule has 3 N–H and O–H groups in total. The molecule has 0 bridgehead atoms. The van der Waals surface area contributed by atoms with E-state index >= 15 is 0 Å². The lowest BCUT2D eigenvalue weighted by Crippen LogP contribution is -2.52. The molecule has 3 heterocycles. The first-order valence-electron chi connectivity index (χ1n) is 8.49. The molecule has 0 amide bonds. The van der Waals surface area contributed by atoms with Crippen molar-refractivity contribution in [2.75, 3.05) is 10.6 Å². The Morgan fingerprint density at radius 3 is 2.12 bits per heavy atom. The van der Waals surface area contributed by atoms with Crippen molar-refractivity contribution in [3.05, 3.63) is 59.7 Å². The van der Waals surface area contributed by atoms with Gasteiger partial charge in [0.05, 0.1) is 5.54 Å². The molecule has 0 saturated carbocycles. The molecule has 0 radical (unpaired) electrons. The maximum Gasteiger partial charge on any atom is 0.175 e. The van der Waals surface area contributed by atoms with E-state index in [9.17, 15) is 5.11 Å². The topological polar surface area (TPSA) is 53.5 Å². The van der Waals surface area contributed by atoms with Gasteiger partial charge in [-0.2, -0.15) is 0 Å². The van der Waals surface area contributed by atoms with Gasteiger partial charge >= 0.3 is 0 Å². The van der Waals surface area contributed by atoms with Crippen LogP contribution in [0.25, 0.3) is 0 Å². The number of hydrogen-bond acceptors (Lipinski definition) is 4. The van der Waals surface area contributed by atoms with Crippen molar-refractivity contribution >= 4 is 11.4 Å². The smallest absolute Gasteiger partial charge is 0.175 e. The average molecular weight is 322 g/mol. The third-order valence-corrected chi connectivity index (χ3v) is 6.46. The molecule has 4 heteroatoms. The third-order valence-electron chi connectivity index (χ3n) is 6.46. The summed E-state index contributed by atoms with van der Waals surface area (Å²) in [4.78, 5) is 0. The minimum atomic E-state index is -1.10. The van der Waals surface area contributed by atoms with Crippen molar-refractivity contribution < 1.29 is 9.84 Å². The van der Waals surface area contributed by atoms with Gasteiger partial charge in [0.1, 0.15) is 11.2 Å². The Morgan fingerprint density at radius 1 is 0.875 bits per heavy atom.